The molecule has 22 heavy (non-hydrogen) atoms. The van der Waals surface area contributed by atoms with Gasteiger partial charge in [0.2, 0.25) is 0 Å². The summed E-state index contributed by atoms with van der Waals surface area (Å²) in [5, 5.41) is 0. The highest BCUT2D eigenvalue weighted by Crippen LogP contribution is 2.39. The molecular weight excluding hydrogens is 272 g/mol. The van der Waals surface area contributed by atoms with Crippen molar-refractivity contribution < 1.29 is 9.59 Å². The minimum absolute atomic E-state index is 0.0227. The van der Waals surface area contributed by atoms with Crippen molar-refractivity contribution >= 4 is 11.6 Å². The Balaban J connectivity index is 2.61. The predicted molar refractivity (Wildman–Crippen MR) is 90.2 cm³/mol. The number of carbonyl (C=O) groups is 2. The quantitative estimate of drug-likeness (QED) is 0.735. The number of Topliss-reactive ketones (excluding diaryl/α,β-unsaturated/α-hetero) is 2. The number of carbonyl (C=O) groups excluding carboxylic acids is 2. The maximum Gasteiger partial charge on any atom is 0.191 e. The van der Waals surface area contributed by atoms with Crippen LogP contribution in [0.2, 0.25) is 0 Å². The van der Waals surface area contributed by atoms with E-state index < -0.39 is 5.41 Å². The number of fused-ring (bicyclic) bond motifs is 1. The van der Waals surface area contributed by atoms with Gasteiger partial charge in [-0.25, -0.2) is 0 Å². The van der Waals surface area contributed by atoms with Crippen molar-refractivity contribution in [2.75, 3.05) is 0 Å². The van der Waals surface area contributed by atoms with Crippen LogP contribution in [0.4, 0.5) is 0 Å². The summed E-state index contributed by atoms with van der Waals surface area (Å²) in [6.07, 6.45) is 2.12. The Morgan fingerprint density at radius 3 is 2.05 bits per heavy atom. The van der Waals surface area contributed by atoms with Gasteiger partial charge in [-0.05, 0) is 19.8 Å². The van der Waals surface area contributed by atoms with Crippen LogP contribution in [0.25, 0.3) is 0 Å². The topological polar surface area (TPSA) is 34.1 Å². The molecule has 0 bridgehead atoms. The van der Waals surface area contributed by atoms with E-state index in [1.165, 1.54) is 5.57 Å². The van der Waals surface area contributed by atoms with E-state index in [9.17, 15) is 9.59 Å². The molecule has 0 radical (unpaired) electrons. The molecule has 1 aromatic carbocycles. The van der Waals surface area contributed by atoms with Crippen LogP contribution in [0.15, 0.2) is 47.1 Å². The van der Waals surface area contributed by atoms with Gasteiger partial charge in [-0.15, -0.1) is 0 Å². The molecule has 0 aliphatic heterocycles. The molecule has 2 heteroatoms. The van der Waals surface area contributed by atoms with Crippen molar-refractivity contribution in [2.45, 2.75) is 41.5 Å². The zero-order valence-corrected chi connectivity index (χ0v) is 14.3. The van der Waals surface area contributed by atoms with E-state index in [2.05, 4.69) is 26.8 Å². The lowest BCUT2D eigenvalue weighted by Gasteiger charge is -2.30. The molecule has 0 unspecified atom stereocenters. The van der Waals surface area contributed by atoms with Gasteiger partial charge in [-0.3, -0.25) is 9.59 Å². The fourth-order valence-corrected chi connectivity index (χ4v) is 3.08. The van der Waals surface area contributed by atoms with Crippen molar-refractivity contribution in [2.24, 2.45) is 11.3 Å². The van der Waals surface area contributed by atoms with E-state index >= 15 is 0 Å². The van der Waals surface area contributed by atoms with E-state index in [1.807, 2.05) is 19.9 Å². The normalized spacial score (nSPS) is 16.4. The summed E-state index contributed by atoms with van der Waals surface area (Å²) in [5.74, 6) is 0.362. The first-order valence-corrected chi connectivity index (χ1v) is 7.76. The lowest BCUT2D eigenvalue weighted by molar-refractivity contribution is 0.0960. The summed E-state index contributed by atoms with van der Waals surface area (Å²) in [5.41, 5.74) is 3.01. The number of benzene rings is 1. The number of hydrogen-bond acceptors (Lipinski definition) is 2. The molecule has 0 amide bonds. The van der Waals surface area contributed by atoms with Gasteiger partial charge < -0.3 is 0 Å². The third-order valence-corrected chi connectivity index (χ3v) is 4.50. The summed E-state index contributed by atoms with van der Waals surface area (Å²) in [6.45, 7) is 12.1. The average Bonchev–Trinajstić information content (AvgIpc) is 2.44. The molecule has 0 heterocycles. The van der Waals surface area contributed by atoms with E-state index in [4.69, 9.17) is 0 Å². The minimum Gasteiger partial charge on any atom is -0.289 e. The van der Waals surface area contributed by atoms with E-state index in [-0.39, 0.29) is 11.6 Å². The van der Waals surface area contributed by atoms with Crippen molar-refractivity contribution in [1.29, 1.82) is 0 Å². The molecule has 1 aromatic rings. The average molecular weight is 296 g/mol. The smallest absolute Gasteiger partial charge is 0.191 e. The van der Waals surface area contributed by atoms with Crippen molar-refractivity contribution in [3.8, 4) is 0 Å². The molecule has 0 atom stereocenters. The second-order valence-electron chi connectivity index (χ2n) is 6.97. The molecule has 2 rings (SSSR count). The monoisotopic (exact) mass is 296 g/mol. The fourth-order valence-electron chi connectivity index (χ4n) is 3.08. The Morgan fingerprint density at radius 1 is 1.05 bits per heavy atom. The Labute approximate surface area is 132 Å². The van der Waals surface area contributed by atoms with Gasteiger partial charge in [-0.1, -0.05) is 63.6 Å². The van der Waals surface area contributed by atoms with Crippen LogP contribution in [0.5, 0.6) is 0 Å². The molecule has 0 N–H and O–H groups in total. The standard InChI is InChI=1S/C20H24O2/c1-12(2)13(3)11-20(5,6)17-14(4)18(21)15-9-7-8-10-16(15)19(17)22/h7-12H,1-6H3/b13-11+. The maximum absolute atomic E-state index is 12.9. The van der Waals surface area contributed by atoms with Crippen LogP contribution in [0.1, 0.15) is 62.3 Å². The van der Waals surface area contributed by atoms with Gasteiger partial charge >= 0.3 is 0 Å². The third kappa shape index (κ3) is 2.70. The molecule has 0 saturated carbocycles. The Morgan fingerprint density at radius 2 is 1.55 bits per heavy atom. The lowest BCUT2D eigenvalue weighted by Crippen LogP contribution is -2.29. The first kappa shape index (κ1) is 16.4. The SMILES string of the molecule is CC1=C(C(C)(C)/C=C(\C)C(C)C)C(=O)c2ccccc2C1=O. The number of hydrogen-bond donors (Lipinski definition) is 0. The molecule has 0 saturated heterocycles. The van der Waals surface area contributed by atoms with E-state index in [0.29, 0.717) is 28.2 Å². The predicted octanol–water partition coefficient (Wildman–Crippen LogP) is 5.01. The van der Waals surface area contributed by atoms with Crippen LogP contribution in [-0.4, -0.2) is 11.6 Å². The molecule has 0 spiro atoms. The zero-order chi connectivity index (χ0) is 16.7. The number of rotatable bonds is 3. The summed E-state index contributed by atoms with van der Waals surface area (Å²) in [6, 6.07) is 7.09. The molecule has 0 fully saturated rings. The molecule has 0 aromatic heterocycles. The molecular formula is C20H24O2. The van der Waals surface area contributed by atoms with Crippen LogP contribution < -0.4 is 0 Å². The lowest BCUT2D eigenvalue weighted by atomic mass is 9.71. The first-order valence-electron chi connectivity index (χ1n) is 7.76. The fraction of sp³-hybridized carbons (Fsp3) is 0.400. The second kappa shape index (κ2) is 5.68. The Hall–Kier alpha value is -1.96. The van der Waals surface area contributed by atoms with Gasteiger partial charge in [-0.2, -0.15) is 0 Å². The van der Waals surface area contributed by atoms with Crippen molar-refractivity contribution in [3.05, 3.63) is 58.2 Å². The summed E-state index contributed by atoms with van der Waals surface area (Å²) in [7, 11) is 0. The number of ketones is 2. The van der Waals surface area contributed by atoms with Gasteiger partial charge in [0.25, 0.3) is 0 Å². The van der Waals surface area contributed by atoms with Gasteiger partial charge in [0.1, 0.15) is 0 Å². The van der Waals surface area contributed by atoms with E-state index in [1.54, 1.807) is 25.1 Å². The van der Waals surface area contributed by atoms with Crippen molar-refractivity contribution in [1.82, 2.24) is 0 Å². The van der Waals surface area contributed by atoms with Gasteiger partial charge in [0.05, 0.1) is 0 Å². The molecule has 1 aliphatic carbocycles. The molecule has 1 aliphatic rings. The van der Waals surface area contributed by atoms with Crippen molar-refractivity contribution in [3.63, 3.8) is 0 Å². The summed E-state index contributed by atoms with van der Waals surface area (Å²) >= 11 is 0. The molecule has 2 nitrogen and oxygen atoms in total. The van der Waals surface area contributed by atoms with Gasteiger partial charge in [0.15, 0.2) is 11.6 Å². The number of allylic oxidation sites excluding steroid dienone is 4. The highest BCUT2D eigenvalue weighted by molar-refractivity contribution is 6.27. The Bertz CT molecular complexity index is 700. The highest BCUT2D eigenvalue weighted by Gasteiger charge is 2.37. The van der Waals surface area contributed by atoms with Crippen LogP contribution >= 0.6 is 0 Å². The third-order valence-electron chi connectivity index (χ3n) is 4.50. The first-order chi connectivity index (χ1) is 10.2. The zero-order valence-electron chi connectivity index (χ0n) is 14.3. The highest BCUT2D eigenvalue weighted by atomic mass is 16.1. The van der Waals surface area contributed by atoms with Crippen LogP contribution in [-0.2, 0) is 0 Å². The summed E-state index contributed by atoms with van der Waals surface area (Å²) < 4.78 is 0. The van der Waals surface area contributed by atoms with Gasteiger partial charge in [0, 0.05) is 27.7 Å². The summed E-state index contributed by atoms with van der Waals surface area (Å²) in [4.78, 5) is 25.5. The Kier molecular flexibility index (Phi) is 4.23. The van der Waals surface area contributed by atoms with E-state index in [0.717, 1.165) is 0 Å². The molecule has 116 valence electrons. The van der Waals surface area contributed by atoms with Crippen LogP contribution in [0.3, 0.4) is 0 Å². The largest absolute Gasteiger partial charge is 0.289 e. The van der Waals surface area contributed by atoms with Crippen LogP contribution in [0, 0.1) is 11.3 Å². The maximum atomic E-state index is 12.9. The second-order valence-corrected chi connectivity index (χ2v) is 6.97. The minimum atomic E-state index is -0.460.